The Morgan fingerprint density at radius 2 is 2.05 bits per heavy atom. The minimum absolute atomic E-state index is 0.385. The molecule has 0 saturated heterocycles. The Hall–Kier alpha value is -1.16. The summed E-state index contributed by atoms with van der Waals surface area (Å²) in [5.74, 6) is 2.21. The van der Waals surface area contributed by atoms with Gasteiger partial charge in [-0.05, 0) is 31.6 Å². The van der Waals surface area contributed by atoms with Gasteiger partial charge in [-0.1, -0.05) is 20.3 Å². The maximum absolute atomic E-state index is 4.83. The first-order valence-corrected chi connectivity index (χ1v) is 8.44. The topological polar surface area (TPSA) is 41.1 Å². The van der Waals surface area contributed by atoms with E-state index in [-0.39, 0.29) is 0 Å². The Balaban J connectivity index is 1.74. The van der Waals surface area contributed by atoms with Crippen molar-refractivity contribution >= 4 is 5.69 Å². The number of nitrogens with one attached hydrogen (secondary N) is 1. The van der Waals surface area contributed by atoms with E-state index in [1.54, 1.807) is 0 Å². The van der Waals surface area contributed by atoms with Crippen LogP contribution in [0.5, 0.6) is 0 Å². The van der Waals surface area contributed by atoms with E-state index in [0.717, 1.165) is 24.8 Å². The second-order valence-corrected chi connectivity index (χ2v) is 7.05. The lowest BCUT2D eigenvalue weighted by Crippen LogP contribution is -2.31. The van der Waals surface area contributed by atoms with Gasteiger partial charge >= 0.3 is 0 Å². The van der Waals surface area contributed by atoms with Crippen LogP contribution < -0.4 is 10.2 Å². The summed E-state index contributed by atoms with van der Waals surface area (Å²) < 4.78 is 0. The summed E-state index contributed by atoms with van der Waals surface area (Å²) in [7, 11) is 2.19. The number of anilines is 1. The van der Waals surface area contributed by atoms with Crippen LogP contribution >= 0.6 is 0 Å². The molecule has 0 bridgehead atoms. The van der Waals surface area contributed by atoms with Crippen LogP contribution in [-0.2, 0) is 6.54 Å². The lowest BCUT2D eigenvalue weighted by molar-refractivity contribution is 0.321. The lowest BCUT2D eigenvalue weighted by Gasteiger charge is -2.32. The largest absolute Gasteiger partial charge is 0.372 e. The normalized spacial score (nSPS) is 18.9. The Bertz CT molecular complexity index is 478. The average Bonchev–Trinajstić information content (AvgIpc) is 3.24. The van der Waals surface area contributed by atoms with Crippen molar-refractivity contribution in [3.8, 4) is 0 Å². The van der Waals surface area contributed by atoms with E-state index in [0.29, 0.717) is 12.0 Å². The molecule has 0 amide bonds. The smallest absolute Gasteiger partial charge is 0.131 e. The third kappa shape index (κ3) is 3.73. The third-order valence-corrected chi connectivity index (χ3v) is 4.68. The standard InChI is InChI=1S/C17H28N4/c1-12(2)17-19-10-16(21(3)11-13-5-4-6-13)15(20-17)9-18-14-7-8-14/h10,12-14,18H,4-9,11H2,1-3H3. The van der Waals surface area contributed by atoms with Crippen molar-refractivity contribution in [3.63, 3.8) is 0 Å². The second-order valence-electron chi connectivity index (χ2n) is 7.05. The van der Waals surface area contributed by atoms with Crippen LogP contribution in [0.3, 0.4) is 0 Å². The molecule has 0 spiro atoms. The first-order chi connectivity index (χ1) is 10.1. The van der Waals surface area contributed by atoms with Gasteiger partial charge in [-0.2, -0.15) is 0 Å². The molecule has 0 aromatic carbocycles. The third-order valence-electron chi connectivity index (χ3n) is 4.68. The molecular weight excluding hydrogens is 260 g/mol. The molecule has 21 heavy (non-hydrogen) atoms. The number of hydrogen-bond acceptors (Lipinski definition) is 4. The Labute approximate surface area is 128 Å². The second kappa shape index (κ2) is 6.30. The molecule has 1 heterocycles. The average molecular weight is 288 g/mol. The monoisotopic (exact) mass is 288 g/mol. The summed E-state index contributed by atoms with van der Waals surface area (Å²) in [4.78, 5) is 11.8. The summed E-state index contributed by atoms with van der Waals surface area (Å²) in [5, 5.41) is 3.60. The van der Waals surface area contributed by atoms with Crippen molar-refractivity contribution in [3.05, 3.63) is 17.7 Å². The van der Waals surface area contributed by atoms with Gasteiger partial charge in [-0.15, -0.1) is 0 Å². The highest BCUT2D eigenvalue weighted by molar-refractivity contribution is 5.48. The maximum atomic E-state index is 4.83. The maximum Gasteiger partial charge on any atom is 0.131 e. The van der Waals surface area contributed by atoms with Crippen LogP contribution in [-0.4, -0.2) is 29.6 Å². The Morgan fingerprint density at radius 3 is 2.62 bits per heavy atom. The van der Waals surface area contributed by atoms with E-state index in [9.17, 15) is 0 Å². The molecule has 1 aromatic rings. The fourth-order valence-corrected chi connectivity index (χ4v) is 2.84. The van der Waals surface area contributed by atoms with Gasteiger partial charge in [0.05, 0.1) is 17.6 Å². The molecule has 4 heteroatoms. The fourth-order valence-electron chi connectivity index (χ4n) is 2.84. The van der Waals surface area contributed by atoms with Gasteiger partial charge in [-0.3, -0.25) is 0 Å². The van der Waals surface area contributed by atoms with Gasteiger partial charge in [0, 0.05) is 32.1 Å². The first kappa shape index (κ1) is 14.8. The van der Waals surface area contributed by atoms with E-state index in [2.05, 4.69) is 36.1 Å². The summed E-state index contributed by atoms with van der Waals surface area (Å²) in [6, 6.07) is 0.715. The van der Waals surface area contributed by atoms with Crippen molar-refractivity contribution in [2.45, 2.75) is 64.5 Å². The molecule has 4 nitrogen and oxygen atoms in total. The zero-order chi connectivity index (χ0) is 14.8. The summed E-state index contributed by atoms with van der Waals surface area (Å²) in [6.45, 7) is 6.33. The fraction of sp³-hybridized carbons (Fsp3) is 0.765. The molecule has 2 fully saturated rings. The summed E-state index contributed by atoms with van der Waals surface area (Å²) in [5.41, 5.74) is 2.38. The van der Waals surface area contributed by atoms with Gasteiger partial charge in [0.1, 0.15) is 5.82 Å². The van der Waals surface area contributed by atoms with E-state index in [4.69, 9.17) is 4.98 Å². The molecule has 1 N–H and O–H groups in total. The Morgan fingerprint density at radius 1 is 1.29 bits per heavy atom. The number of rotatable bonds is 7. The molecule has 0 atom stereocenters. The van der Waals surface area contributed by atoms with Crippen molar-refractivity contribution in [1.82, 2.24) is 15.3 Å². The van der Waals surface area contributed by atoms with Gasteiger partial charge in [-0.25, -0.2) is 9.97 Å². The van der Waals surface area contributed by atoms with E-state index in [1.807, 2.05) is 6.20 Å². The van der Waals surface area contributed by atoms with Crippen LogP contribution in [0, 0.1) is 5.92 Å². The van der Waals surface area contributed by atoms with Crippen molar-refractivity contribution in [2.24, 2.45) is 5.92 Å². The summed E-state index contributed by atoms with van der Waals surface area (Å²) >= 11 is 0. The van der Waals surface area contributed by atoms with Gasteiger partial charge < -0.3 is 10.2 Å². The molecule has 116 valence electrons. The van der Waals surface area contributed by atoms with E-state index in [1.165, 1.54) is 43.5 Å². The predicted molar refractivity (Wildman–Crippen MR) is 86.6 cm³/mol. The summed E-state index contributed by atoms with van der Waals surface area (Å²) in [6.07, 6.45) is 8.82. The predicted octanol–water partition coefficient (Wildman–Crippen LogP) is 3.09. The van der Waals surface area contributed by atoms with Crippen molar-refractivity contribution in [2.75, 3.05) is 18.5 Å². The zero-order valence-electron chi connectivity index (χ0n) is 13.6. The molecule has 2 aliphatic rings. The molecule has 0 aliphatic heterocycles. The molecule has 0 radical (unpaired) electrons. The van der Waals surface area contributed by atoms with Gasteiger partial charge in [0.2, 0.25) is 0 Å². The van der Waals surface area contributed by atoms with E-state index < -0.39 is 0 Å². The van der Waals surface area contributed by atoms with Crippen LogP contribution in [0.1, 0.15) is 63.4 Å². The van der Waals surface area contributed by atoms with Crippen molar-refractivity contribution < 1.29 is 0 Å². The highest BCUT2D eigenvalue weighted by Crippen LogP contribution is 2.29. The lowest BCUT2D eigenvalue weighted by atomic mass is 9.85. The van der Waals surface area contributed by atoms with Crippen molar-refractivity contribution in [1.29, 1.82) is 0 Å². The molecule has 0 unspecified atom stereocenters. The molecule has 1 aromatic heterocycles. The highest BCUT2D eigenvalue weighted by atomic mass is 15.1. The number of aromatic nitrogens is 2. The number of nitrogens with zero attached hydrogens (tertiary/aromatic N) is 3. The Kier molecular flexibility index (Phi) is 4.43. The first-order valence-electron chi connectivity index (χ1n) is 8.44. The van der Waals surface area contributed by atoms with Crippen LogP contribution in [0.25, 0.3) is 0 Å². The number of hydrogen-bond donors (Lipinski definition) is 1. The minimum atomic E-state index is 0.385. The minimum Gasteiger partial charge on any atom is -0.372 e. The SMILES string of the molecule is CC(C)c1ncc(N(C)CC2CCC2)c(CNC2CC2)n1. The molecular formula is C17H28N4. The van der Waals surface area contributed by atoms with Crippen LogP contribution in [0.2, 0.25) is 0 Å². The van der Waals surface area contributed by atoms with Crippen LogP contribution in [0.15, 0.2) is 6.20 Å². The van der Waals surface area contributed by atoms with E-state index >= 15 is 0 Å². The van der Waals surface area contributed by atoms with Gasteiger partial charge in [0.25, 0.3) is 0 Å². The van der Waals surface area contributed by atoms with Crippen LogP contribution in [0.4, 0.5) is 5.69 Å². The van der Waals surface area contributed by atoms with Gasteiger partial charge in [0.15, 0.2) is 0 Å². The quantitative estimate of drug-likeness (QED) is 0.837. The highest BCUT2D eigenvalue weighted by Gasteiger charge is 2.23. The molecule has 2 saturated carbocycles. The zero-order valence-corrected chi connectivity index (χ0v) is 13.6. The molecule has 2 aliphatic carbocycles. The molecule has 3 rings (SSSR count).